The highest BCUT2D eigenvalue weighted by atomic mass is 35.5. The van der Waals surface area contributed by atoms with Crippen LogP contribution in [0.4, 0.5) is 0 Å². The summed E-state index contributed by atoms with van der Waals surface area (Å²) >= 11 is 6.17. The Hall–Kier alpha value is -2.29. The lowest BCUT2D eigenvalue weighted by Crippen LogP contribution is -2.23. The number of aromatic nitrogens is 3. The van der Waals surface area contributed by atoms with Gasteiger partial charge in [-0.3, -0.25) is 9.89 Å². The van der Waals surface area contributed by atoms with E-state index < -0.39 is 0 Å². The summed E-state index contributed by atoms with van der Waals surface area (Å²) in [4.78, 5) is 12.8. The standard InChI is InChI=1S/C16H15ClN4O/c1-3-10-7-11(17)8-12-14-13(9(2)19-20-14)16(22)21(15(10)12)6-4-5-18/h1,7-8H,4-6,18H2,2H3,(H,19,20). The van der Waals surface area contributed by atoms with Crippen molar-refractivity contribution in [1.29, 1.82) is 0 Å². The lowest BCUT2D eigenvalue weighted by atomic mass is 10.1. The van der Waals surface area contributed by atoms with Crippen LogP contribution in [0.1, 0.15) is 17.7 Å². The van der Waals surface area contributed by atoms with E-state index in [-0.39, 0.29) is 5.56 Å². The number of hydrogen-bond acceptors (Lipinski definition) is 3. The molecule has 5 nitrogen and oxygen atoms in total. The zero-order valence-corrected chi connectivity index (χ0v) is 12.9. The zero-order chi connectivity index (χ0) is 15.9. The van der Waals surface area contributed by atoms with Gasteiger partial charge in [0, 0.05) is 22.6 Å². The first-order valence-corrected chi connectivity index (χ1v) is 7.33. The van der Waals surface area contributed by atoms with Crippen molar-refractivity contribution < 1.29 is 0 Å². The SMILES string of the molecule is C#Cc1cc(Cl)cc2c3n[nH]c(C)c3c(=O)n(CCCN)c12. The van der Waals surface area contributed by atoms with Crippen LogP contribution in [0.5, 0.6) is 0 Å². The third-order valence-corrected chi connectivity index (χ3v) is 3.97. The van der Waals surface area contributed by atoms with Crippen LogP contribution in [0.3, 0.4) is 0 Å². The third kappa shape index (κ3) is 2.08. The number of halogens is 1. The summed E-state index contributed by atoms with van der Waals surface area (Å²) in [6.45, 7) is 2.82. The van der Waals surface area contributed by atoms with E-state index in [9.17, 15) is 4.79 Å². The van der Waals surface area contributed by atoms with E-state index >= 15 is 0 Å². The molecule has 0 atom stereocenters. The highest BCUT2D eigenvalue weighted by Crippen LogP contribution is 2.28. The van der Waals surface area contributed by atoms with E-state index in [0.29, 0.717) is 46.5 Å². The maximum absolute atomic E-state index is 12.8. The number of H-pyrrole nitrogens is 1. The molecule has 0 aliphatic heterocycles. The van der Waals surface area contributed by atoms with E-state index in [2.05, 4.69) is 16.1 Å². The van der Waals surface area contributed by atoms with Gasteiger partial charge in [0.25, 0.3) is 5.56 Å². The molecule has 3 rings (SSSR count). The molecule has 3 aromatic rings. The molecule has 0 spiro atoms. The van der Waals surface area contributed by atoms with Gasteiger partial charge in [-0.15, -0.1) is 6.42 Å². The molecule has 22 heavy (non-hydrogen) atoms. The summed E-state index contributed by atoms with van der Waals surface area (Å²) in [7, 11) is 0. The van der Waals surface area contributed by atoms with Crippen molar-refractivity contribution >= 4 is 33.4 Å². The minimum absolute atomic E-state index is 0.110. The first-order valence-electron chi connectivity index (χ1n) is 6.96. The van der Waals surface area contributed by atoms with Gasteiger partial charge in [0.05, 0.1) is 16.5 Å². The Labute approximate surface area is 132 Å². The van der Waals surface area contributed by atoms with E-state index in [4.69, 9.17) is 23.8 Å². The molecule has 112 valence electrons. The first kappa shape index (κ1) is 14.6. The van der Waals surface area contributed by atoms with Crippen molar-refractivity contribution in [3.05, 3.63) is 38.8 Å². The second-order valence-electron chi connectivity index (χ2n) is 5.17. The second kappa shape index (κ2) is 5.48. The van der Waals surface area contributed by atoms with Crippen LogP contribution in [0.25, 0.3) is 21.8 Å². The Kier molecular flexibility index (Phi) is 3.65. The van der Waals surface area contributed by atoms with Gasteiger partial charge >= 0.3 is 0 Å². The molecule has 2 aromatic heterocycles. The van der Waals surface area contributed by atoms with Gasteiger partial charge in [0.15, 0.2) is 0 Å². The van der Waals surface area contributed by atoms with E-state index in [1.807, 2.05) is 6.92 Å². The Morgan fingerprint density at radius 2 is 2.27 bits per heavy atom. The molecule has 0 aliphatic rings. The number of nitrogens with one attached hydrogen (secondary N) is 1. The van der Waals surface area contributed by atoms with Gasteiger partial charge in [0.1, 0.15) is 5.52 Å². The Bertz CT molecular complexity index is 978. The van der Waals surface area contributed by atoms with Gasteiger partial charge in [-0.2, -0.15) is 5.10 Å². The fourth-order valence-corrected chi connectivity index (χ4v) is 2.98. The highest BCUT2D eigenvalue weighted by molar-refractivity contribution is 6.32. The molecule has 3 N–H and O–H groups in total. The van der Waals surface area contributed by atoms with Crippen molar-refractivity contribution in [1.82, 2.24) is 14.8 Å². The summed E-state index contributed by atoms with van der Waals surface area (Å²) in [6, 6.07) is 3.48. The van der Waals surface area contributed by atoms with Gasteiger partial charge in [-0.05, 0) is 32.0 Å². The fourth-order valence-electron chi connectivity index (χ4n) is 2.77. The van der Waals surface area contributed by atoms with Crippen LogP contribution in [-0.4, -0.2) is 21.3 Å². The molecular formula is C16H15ClN4O. The van der Waals surface area contributed by atoms with Crippen LogP contribution in [-0.2, 0) is 6.54 Å². The minimum atomic E-state index is -0.110. The van der Waals surface area contributed by atoms with Crippen LogP contribution in [0.2, 0.25) is 5.02 Å². The number of fused-ring (bicyclic) bond motifs is 3. The Morgan fingerprint density at radius 3 is 2.95 bits per heavy atom. The number of nitrogens with two attached hydrogens (primary N) is 1. The van der Waals surface area contributed by atoms with E-state index in [1.165, 1.54) is 0 Å². The fraction of sp³-hybridized carbons (Fsp3) is 0.250. The van der Waals surface area contributed by atoms with Crippen molar-refractivity contribution in [2.24, 2.45) is 5.73 Å². The quantitative estimate of drug-likeness (QED) is 0.727. The number of hydrogen-bond donors (Lipinski definition) is 2. The number of benzene rings is 1. The third-order valence-electron chi connectivity index (χ3n) is 3.75. The molecule has 0 aliphatic carbocycles. The van der Waals surface area contributed by atoms with Gasteiger partial charge in [-0.1, -0.05) is 17.5 Å². The molecule has 6 heteroatoms. The minimum Gasteiger partial charge on any atom is -0.330 e. The normalized spacial score (nSPS) is 11.2. The Balaban J connectivity index is 2.57. The summed E-state index contributed by atoms with van der Waals surface area (Å²) in [5.74, 6) is 2.61. The van der Waals surface area contributed by atoms with Crippen LogP contribution >= 0.6 is 11.6 Å². The maximum atomic E-state index is 12.8. The average Bonchev–Trinajstić information content (AvgIpc) is 2.89. The molecule has 1 aromatic carbocycles. The smallest absolute Gasteiger partial charge is 0.262 e. The predicted octanol–water partition coefficient (Wildman–Crippen LogP) is 2.17. The number of aryl methyl sites for hydroxylation is 2. The summed E-state index contributed by atoms with van der Waals surface area (Å²) in [5, 5.41) is 8.98. The van der Waals surface area contributed by atoms with Crippen LogP contribution < -0.4 is 11.3 Å². The maximum Gasteiger partial charge on any atom is 0.262 e. The summed E-state index contributed by atoms with van der Waals surface area (Å²) < 4.78 is 1.68. The summed E-state index contributed by atoms with van der Waals surface area (Å²) in [5.41, 5.74) is 8.07. The lowest BCUT2D eigenvalue weighted by Gasteiger charge is -2.13. The number of pyridine rings is 1. The van der Waals surface area contributed by atoms with E-state index in [0.717, 1.165) is 11.1 Å². The first-order chi connectivity index (χ1) is 10.6. The van der Waals surface area contributed by atoms with Crippen LogP contribution in [0.15, 0.2) is 16.9 Å². The zero-order valence-electron chi connectivity index (χ0n) is 12.1. The monoisotopic (exact) mass is 314 g/mol. The largest absolute Gasteiger partial charge is 0.330 e. The van der Waals surface area contributed by atoms with Gasteiger partial charge in [0.2, 0.25) is 0 Å². The number of aromatic amines is 1. The molecule has 0 saturated heterocycles. The molecule has 0 unspecified atom stereocenters. The van der Waals surface area contributed by atoms with Crippen LogP contribution in [0, 0.1) is 19.3 Å². The number of rotatable bonds is 3. The number of terminal acetylenes is 1. The molecular weight excluding hydrogens is 300 g/mol. The molecule has 0 bridgehead atoms. The second-order valence-corrected chi connectivity index (χ2v) is 5.60. The molecule has 0 fully saturated rings. The van der Waals surface area contributed by atoms with Gasteiger partial charge in [-0.25, -0.2) is 0 Å². The van der Waals surface area contributed by atoms with Gasteiger partial charge < -0.3 is 10.3 Å². The van der Waals surface area contributed by atoms with E-state index in [1.54, 1.807) is 16.7 Å². The molecule has 0 amide bonds. The lowest BCUT2D eigenvalue weighted by molar-refractivity contribution is 0.653. The number of nitrogens with zero attached hydrogens (tertiary/aromatic N) is 2. The topological polar surface area (TPSA) is 76.7 Å². The predicted molar refractivity (Wildman–Crippen MR) is 89.2 cm³/mol. The molecule has 2 heterocycles. The van der Waals surface area contributed by atoms with Crippen molar-refractivity contribution in [2.45, 2.75) is 19.9 Å². The van der Waals surface area contributed by atoms with Crippen molar-refractivity contribution in [3.63, 3.8) is 0 Å². The molecule has 0 saturated carbocycles. The highest BCUT2D eigenvalue weighted by Gasteiger charge is 2.17. The average molecular weight is 315 g/mol. The van der Waals surface area contributed by atoms with Crippen molar-refractivity contribution in [3.8, 4) is 12.3 Å². The molecule has 0 radical (unpaired) electrons. The van der Waals surface area contributed by atoms with Crippen molar-refractivity contribution in [2.75, 3.05) is 6.54 Å². The summed E-state index contributed by atoms with van der Waals surface area (Å²) in [6.07, 6.45) is 6.29. The Morgan fingerprint density at radius 1 is 1.50 bits per heavy atom.